The molecule has 1 aliphatic rings. The van der Waals surface area contributed by atoms with Crippen molar-refractivity contribution in [2.75, 3.05) is 26.0 Å². The summed E-state index contributed by atoms with van der Waals surface area (Å²) in [7, 11) is -3.78. The summed E-state index contributed by atoms with van der Waals surface area (Å²) in [6.45, 7) is 0.430. The number of halogens is 1. The molecule has 4 N–H and O–H groups in total. The molecule has 0 spiro atoms. The lowest BCUT2D eigenvalue weighted by Gasteiger charge is -2.28. The number of benzene rings is 2. The normalized spacial score (nSPS) is 18.2. The van der Waals surface area contributed by atoms with E-state index in [4.69, 9.17) is 21.8 Å². The molecule has 13 heteroatoms. The number of rotatable bonds is 18. The molecule has 3 aromatic rings. The van der Waals surface area contributed by atoms with Crippen LogP contribution < -0.4 is 10.5 Å². The van der Waals surface area contributed by atoms with Gasteiger partial charge in [0, 0.05) is 23.9 Å². The minimum Gasteiger partial charge on any atom is -0.434 e. The van der Waals surface area contributed by atoms with E-state index in [1.54, 1.807) is 24.3 Å². The van der Waals surface area contributed by atoms with Gasteiger partial charge in [0.1, 0.15) is 11.6 Å². The number of amides is 1. The van der Waals surface area contributed by atoms with Gasteiger partial charge in [0.2, 0.25) is 21.7 Å². The topological polar surface area (TPSA) is 173 Å². The number of nitrogens with zero attached hydrogens (tertiary/aromatic N) is 2. The van der Waals surface area contributed by atoms with E-state index in [2.05, 4.69) is 9.71 Å². The maximum atomic E-state index is 14.1. The Morgan fingerprint density at radius 1 is 1.15 bits per heavy atom. The van der Waals surface area contributed by atoms with Crippen molar-refractivity contribution in [1.29, 1.82) is 0 Å². The first kappa shape index (κ1) is 36.4. The Hall–Kier alpha value is -3.42. The predicted octanol–water partition coefficient (Wildman–Crippen LogP) is 4.07. The zero-order valence-corrected chi connectivity index (χ0v) is 28.1. The highest BCUT2D eigenvalue weighted by Gasteiger charge is 2.42. The van der Waals surface area contributed by atoms with E-state index >= 15 is 0 Å². The van der Waals surface area contributed by atoms with E-state index in [0.717, 1.165) is 11.8 Å². The third kappa shape index (κ3) is 10.5. The molecule has 4 atom stereocenters. The zero-order chi connectivity index (χ0) is 34.0. The maximum absolute atomic E-state index is 14.1. The van der Waals surface area contributed by atoms with Gasteiger partial charge in [-0.1, -0.05) is 54.4 Å². The summed E-state index contributed by atoms with van der Waals surface area (Å²) in [5, 5.41) is 9.82. The second-order valence-corrected chi connectivity index (χ2v) is 14.3. The molecule has 2 heterocycles. The van der Waals surface area contributed by atoms with Gasteiger partial charge in [0.25, 0.3) is 5.89 Å². The SMILES string of the molecule is CS(=O)(=O)N[C@H](C/C=C/CO)C(=O)N1C[C@H](CCc2ccc(Cl)cc2)C[C@H]1C(=O)C[C@@H](CCCCN)C(=O)c1nc2ccccc2o1. The molecule has 1 aromatic heterocycles. The lowest BCUT2D eigenvalue weighted by Crippen LogP contribution is -2.51. The number of aromatic nitrogens is 1. The van der Waals surface area contributed by atoms with Gasteiger partial charge in [-0.15, -0.1) is 0 Å². The summed E-state index contributed by atoms with van der Waals surface area (Å²) in [6, 6.07) is 12.5. The minimum absolute atomic E-state index is 0.00274. The first-order chi connectivity index (χ1) is 22.5. The van der Waals surface area contributed by atoms with E-state index in [9.17, 15) is 27.9 Å². The van der Waals surface area contributed by atoms with Crippen LogP contribution in [0.5, 0.6) is 0 Å². The number of aliphatic hydroxyl groups is 1. The number of carbonyl (C=O) groups excluding carboxylic acids is 3. The van der Waals surface area contributed by atoms with Gasteiger partial charge in [-0.3, -0.25) is 14.4 Å². The fraction of sp³-hybridized carbons (Fsp3) is 0.471. The van der Waals surface area contributed by atoms with Gasteiger partial charge in [0.05, 0.1) is 18.9 Å². The highest BCUT2D eigenvalue weighted by Crippen LogP contribution is 2.32. The highest BCUT2D eigenvalue weighted by atomic mass is 35.5. The van der Waals surface area contributed by atoms with Crippen LogP contribution >= 0.6 is 11.6 Å². The smallest absolute Gasteiger partial charge is 0.264 e. The number of Topliss-reactive ketones (excluding diaryl/α,β-unsaturated/α-hetero) is 2. The van der Waals surface area contributed by atoms with Gasteiger partial charge in [-0.05, 0) is 80.8 Å². The van der Waals surface area contributed by atoms with Gasteiger partial charge in [-0.2, -0.15) is 0 Å². The van der Waals surface area contributed by atoms with Crippen molar-refractivity contribution in [3.05, 3.63) is 77.2 Å². The average Bonchev–Trinajstić information content (AvgIpc) is 3.67. The van der Waals surface area contributed by atoms with Gasteiger partial charge in [-0.25, -0.2) is 18.1 Å². The first-order valence-corrected chi connectivity index (χ1v) is 18.2. The summed E-state index contributed by atoms with van der Waals surface area (Å²) in [5.41, 5.74) is 7.79. The molecule has 1 fully saturated rings. The van der Waals surface area contributed by atoms with Gasteiger partial charge in [0.15, 0.2) is 11.4 Å². The molecular weight excluding hydrogens is 644 g/mol. The number of sulfonamides is 1. The van der Waals surface area contributed by atoms with Crippen LogP contribution in [0.25, 0.3) is 11.1 Å². The maximum Gasteiger partial charge on any atom is 0.264 e. The number of para-hydroxylation sites is 2. The number of hydrogen-bond acceptors (Lipinski definition) is 9. The number of ketones is 2. The van der Waals surface area contributed by atoms with Crippen LogP contribution in [0.4, 0.5) is 0 Å². The van der Waals surface area contributed by atoms with Gasteiger partial charge < -0.3 is 20.2 Å². The van der Waals surface area contributed by atoms with Crippen LogP contribution in [-0.4, -0.2) is 78.9 Å². The molecule has 1 amide bonds. The molecule has 2 aromatic carbocycles. The van der Waals surface area contributed by atoms with Crippen molar-refractivity contribution in [2.45, 2.75) is 63.5 Å². The van der Waals surface area contributed by atoms with Crippen LogP contribution in [0.2, 0.25) is 5.02 Å². The summed E-state index contributed by atoms with van der Waals surface area (Å²) >= 11 is 6.04. The van der Waals surface area contributed by atoms with E-state index in [1.807, 2.05) is 24.3 Å². The van der Waals surface area contributed by atoms with Crippen LogP contribution in [0.15, 0.2) is 65.1 Å². The Bertz CT molecular complexity index is 1630. The number of oxazole rings is 1. The molecule has 1 aliphatic heterocycles. The zero-order valence-electron chi connectivity index (χ0n) is 26.5. The molecule has 1 saturated heterocycles. The first-order valence-electron chi connectivity index (χ1n) is 15.9. The Kier molecular flexibility index (Phi) is 13.3. The number of aryl methyl sites for hydroxylation is 1. The van der Waals surface area contributed by atoms with E-state index in [1.165, 1.54) is 17.1 Å². The molecule has 0 bridgehead atoms. The second kappa shape index (κ2) is 17.1. The molecule has 0 saturated carbocycles. The third-order valence-electron chi connectivity index (χ3n) is 8.43. The molecule has 0 radical (unpaired) electrons. The predicted molar refractivity (Wildman–Crippen MR) is 180 cm³/mol. The van der Waals surface area contributed by atoms with Crippen molar-refractivity contribution < 1.29 is 32.3 Å². The van der Waals surface area contributed by atoms with Gasteiger partial charge >= 0.3 is 0 Å². The number of nitrogens with one attached hydrogen (secondary N) is 1. The van der Waals surface area contributed by atoms with Crippen molar-refractivity contribution in [3.8, 4) is 0 Å². The Morgan fingerprint density at radius 3 is 2.57 bits per heavy atom. The van der Waals surface area contributed by atoms with Crippen molar-refractivity contribution in [2.24, 2.45) is 17.6 Å². The van der Waals surface area contributed by atoms with Crippen molar-refractivity contribution >= 4 is 50.2 Å². The summed E-state index contributed by atoms with van der Waals surface area (Å²) < 4.78 is 32.6. The molecule has 4 rings (SSSR count). The van der Waals surface area contributed by atoms with Crippen molar-refractivity contribution in [1.82, 2.24) is 14.6 Å². The molecular formula is C34H43ClN4O7S. The molecule has 254 valence electrons. The largest absolute Gasteiger partial charge is 0.434 e. The molecule has 0 aliphatic carbocycles. The second-order valence-electron chi connectivity index (χ2n) is 12.1. The third-order valence-corrected chi connectivity index (χ3v) is 9.39. The van der Waals surface area contributed by atoms with Crippen LogP contribution in [0, 0.1) is 11.8 Å². The number of unbranched alkanes of at least 4 members (excludes halogenated alkanes) is 1. The summed E-state index contributed by atoms with van der Waals surface area (Å²) in [5.74, 6) is -2.03. The standard InChI is InChI=1S/C34H43ClN4O7S/c1-47(44,45)38-28(10-5-7-19-40)34(43)39-22-24(13-12-23-14-16-26(35)17-15-23)20-29(39)30(41)21-25(8-4-6-18-36)32(42)33-37-27-9-2-3-11-31(27)46-33/h2-3,5,7,9,11,14-17,24-25,28-29,38,40H,4,6,8,10,12-13,18-22,36H2,1H3/b7-5+/t24-,25-,28-,29+/m1/s1. The summed E-state index contributed by atoms with van der Waals surface area (Å²) in [6.07, 6.45) is 7.24. The lowest BCUT2D eigenvalue weighted by molar-refractivity contribution is -0.139. The molecule has 47 heavy (non-hydrogen) atoms. The van der Waals surface area contributed by atoms with E-state index < -0.39 is 33.9 Å². The Morgan fingerprint density at radius 2 is 1.89 bits per heavy atom. The quantitative estimate of drug-likeness (QED) is 0.101. The summed E-state index contributed by atoms with van der Waals surface area (Å²) in [4.78, 5) is 47.6. The molecule has 0 unspecified atom stereocenters. The van der Waals surface area contributed by atoms with Crippen LogP contribution in [0.1, 0.15) is 61.2 Å². The Labute approximate surface area is 280 Å². The van der Waals surface area contributed by atoms with Crippen LogP contribution in [-0.2, 0) is 26.0 Å². The fourth-order valence-corrected chi connectivity index (χ4v) is 6.90. The van der Waals surface area contributed by atoms with E-state index in [0.29, 0.717) is 61.2 Å². The average molecular weight is 687 g/mol. The fourth-order valence-electron chi connectivity index (χ4n) is 6.06. The van der Waals surface area contributed by atoms with Crippen LogP contribution in [0.3, 0.4) is 0 Å². The number of aliphatic hydroxyl groups excluding tert-OH is 1. The number of nitrogens with two attached hydrogens (primary N) is 1. The molecule has 11 nitrogen and oxygen atoms in total. The van der Waals surface area contributed by atoms with E-state index in [-0.39, 0.29) is 49.4 Å². The number of likely N-dealkylation sites (tertiary alicyclic amines) is 1. The number of hydrogen-bond donors (Lipinski definition) is 3. The minimum atomic E-state index is -3.78. The lowest BCUT2D eigenvalue weighted by atomic mass is 9.88. The number of carbonyl (C=O) groups is 3. The Balaban J connectivity index is 1.58. The monoisotopic (exact) mass is 686 g/mol. The highest BCUT2D eigenvalue weighted by molar-refractivity contribution is 7.88. The number of fused-ring (bicyclic) bond motifs is 1. The van der Waals surface area contributed by atoms with Crippen molar-refractivity contribution in [3.63, 3.8) is 0 Å².